The predicted octanol–water partition coefficient (Wildman–Crippen LogP) is 3.99. The summed E-state index contributed by atoms with van der Waals surface area (Å²) in [7, 11) is 0. The first-order valence-corrected chi connectivity index (χ1v) is 9.98. The highest BCUT2D eigenvalue weighted by molar-refractivity contribution is 5.84. The van der Waals surface area contributed by atoms with Crippen LogP contribution in [-0.2, 0) is 20.8 Å². The second-order valence-corrected chi connectivity index (χ2v) is 8.37. The first kappa shape index (κ1) is 23.1. The average molecular weight is 411 g/mol. The zero-order chi connectivity index (χ0) is 22.3. The van der Waals surface area contributed by atoms with Gasteiger partial charge >= 0.3 is 11.9 Å². The van der Waals surface area contributed by atoms with Crippen LogP contribution in [0, 0.1) is 11.3 Å². The van der Waals surface area contributed by atoms with Crippen molar-refractivity contribution in [2.45, 2.75) is 46.1 Å². The van der Waals surface area contributed by atoms with Crippen LogP contribution in [-0.4, -0.2) is 34.1 Å². The average Bonchev–Trinajstić information content (AvgIpc) is 2.68. The Morgan fingerprint density at radius 1 is 0.933 bits per heavy atom. The molecule has 0 saturated heterocycles. The van der Waals surface area contributed by atoms with Crippen LogP contribution in [0.1, 0.15) is 39.2 Å². The molecule has 0 spiro atoms. The summed E-state index contributed by atoms with van der Waals surface area (Å²) in [6.07, 6.45) is 0.550. The number of aliphatic carboxylic acids is 2. The van der Waals surface area contributed by atoms with Gasteiger partial charge in [0.2, 0.25) is 5.91 Å². The molecule has 0 heterocycles. The third-order valence-electron chi connectivity index (χ3n) is 5.15. The van der Waals surface area contributed by atoms with Crippen LogP contribution in [0.15, 0.2) is 54.6 Å². The van der Waals surface area contributed by atoms with Crippen LogP contribution in [0.4, 0.5) is 0 Å². The molecule has 30 heavy (non-hydrogen) atoms. The number of rotatable bonds is 10. The highest BCUT2D eigenvalue weighted by Gasteiger charge is 2.31. The van der Waals surface area contributed by atoms with Crippen LogP contribution in [0.3, 0.4) is 0 Å². The second kappa shape index (κ2) is 10.1. The summed E-state index contributed by atoms with van der Waals surface area (Å²) in [5.74, 6) is -3.01. The molecule has 6 heteroatoms. The molecular weight excluding hydrogens is 382 g/mol. The van der Waals surface area contributed by atoms with E-state index in [-0.39, 0.29) is 12.8 Å². The van der Waals surface area contributed by atoms with E-state index in [1.807, 2.05) is 54.6 Å². The summed E-state index contributed by atoms with van der Waals surface area (Å²) in [6.45, 7) is 4.58. The Hall–Kier alpha value is -3.15. The zero-order valence-corrected chi connectivity index (χ0v) is 17.6. The fourth-order valence-corrected chi connectivity index (χ4v) is 3.22. The van der Waals surface area contributed by atoms with E-state index in [2.05, 4.69) is 5.32 Å². The lowest BCUT2D eigenvalue weighted by Gasteiger charge is -2.24. The van der Waals surface area contributed by atoms with E-state index < -0.39 is 35.2 Å². The highest BCUT2D eigenvalue weighted by atomic mass is 16.4. The molecule has 2 aromatic rings. The van der Waals surface area contributed by atoms with E-state index >= 15 is 0 Å². The summed E-state index contributed by atoms with van der Waals surface area (Å²) in [6, 6.07) is 17.5. The molecular formula is C24H29NO5. The molecule has 2 atom stereocenters. The fourth-order valence-electron chi connectivity index (χ4n) is 3.22. The number of amides is 1. The summed E-state index contributed by atoms with van der Waals surface area (Å²) in [5.41, 5.74) is 1.95. The Kier molecular flexibility index (Phi) is 7.75. The Bertz CT molecular complexity index is 874. The number of carbonyl (C=O) groups excluding carboxylic acids is 1. The van der Waals surface area contributed by atoms with Gasteiger partial charge in [-0.2, -0.15) is 0 Å². The molecule has 160 valence electrons. The fraction of sp³-hybridized carbons (Fsp3) is 0.375. The molecule has 0 aliphatic heterocycles. The lowest BCUT2D eigenvalue weighted by Crippen LogP contribution is -2.41. The quantitative estimate of drug-likeness (QED) is 0.548. The number of carboxylic acids is 2. The molecule has 0 saturated carbocycles. The van der Waals surface area contributed by atoms with Crippen LogP contribution < -0.4 is 5.32 Å². The maximum atomic E-state index is 12.4. The van der Waals surface area contributed by atoms with Gasteiger partial charge < -0.3 is 15.5 Å². The van der Waals surface area contributed by atoms with Gasteiger partial charge in [0.1, 0.15) is 0 Å². The minimum atomic E-state index is -1.19. The van der Waals surface area contributed by atoms with Crippen molar-refractivity contribution >= 4 is 17.8 Å². The minimum absolute atomic E-state index is 0.173. The molecule has 0 radical (unpaired) electrons. The summed E-state index contributed by atoms with van der Waals surface area (Å²) >= 11 is 0. The maximum absolute atomic E-state index is 12.4. The van der Waals surface area contributed by atoms with Gasteiger partial charge in [-0.3, -0.25) is 14.4 Å². The van der Waals surface area contributed by atoms with Crippen molar-refractivity contribution in [2.24, 2.45) is 11.3 Å². The van der Waals surface area contributed by atoms with Crippen molar-refractivity contribution in [3.63, 3.8) is 0 Å². The van der Waals surface area contributed by atoms with Gasteiger partial charge in [0.05, 0.1) is 11.3 Å². The summed E-state index contributed by atoms with van der Waals surface area (Å²) in [4.78, 5) is 35.0. The molecule has 2 rings (SSSR count). The SMILES string of the molecule is C[C@H](CC(Cc1ccc(-c2ccccc2)cc1)NC(=O)CC(C)(C)C(=O)O)C(=O)O. The van der Waals surface area contributed by atoms with E-state index in [0.717, 1.165) is 16.7 Å². The van der Waals surface area contributed by atoms with Gasteiger partial charge in [-0.05, 0) is 43.4 Å². The largest absolute Gasteiger partial charge is 0.481 e. The van der Waals surface area contributed by atoms with Crippen molar-refractivity contribution in [3.05, 3.63) is 60.2 Å². The van der Waals surface area contributed by atoms with E-state index in [4.69, 9.17) is 0 Å². The topological polar surface area (TPSA) is 104 Å². The Labute approximate surface area is 176 Å². The lowest BCUT2D eigenvalue weighted by molar-refractivity contribution is -0.149. The van der Waals surface area contributed by atoms with E-state index in [9.17, 15) is 24.6 Å². The van der Waals surface area contributed by atoms with Gasteiger partial charge in [0, 0.05) is 12.5 Å². The minimum Gasteiger partial charge on any atom is -0.481 e. The van der Waals surface area contributed by atoms with Crippen molar-refractivity contribution in [3.8, 4) is 11.1 Å². The smallest absolute Gasteiger partial charge is 0.309 e. The van der Waals surface area contributed by atoms with Crippen LogP contribution in [0.25, 0.3) is 11.1 Å². The second-order valence-electron chi connectivity index (χ2n) is 8.37. The monoisotopic (exact) mass is 411 g/mol. The molecule has 6 nitrogen and oxygen atoms in total. The molecule has 0 fully saturated rings. The van der Waals surface area contributed by atoms with Crippen LogP contribution >= 0.6 is 0 Å². The summed E-state index contributed by atoms with van der Waals surface area (Å²) in [5, 5.41) is 21.3. The first-order valence-electron chi connectivity index (χ1n) is 9.98. The third-order valence-corrected chi connectivity index (χ3v) is 5.15. The van der Waals surface area contributed by atoms with Crippen molar-refractivity contribution in [1.29, 1.82) is 0 Å². The molecule has 1 amide bonds. The number of nitrogens with one attached hydrogen (secondary N) is 1. The highest BCUT2D eigenvalue weighted by Crippen LogP contribution is 2.22. The molecule has 3 N–H and O–H groups in total. The normalized spacial score (nSPS) is 13.3. The maximum Gasteiger partial charge on any atom is 0.309 e. The van der Waals surface area contributed by atoms with Gasteiger partial charge in [0.15, 0.2) is 0 Å². The van der Waals surface area contributed by atoms with Crippen molar-refractivity contribution < 1.29 is 24.6 Å². The van der Waals surface area contributed by atoms with Crippen molar-refractivity contribution in [1.82, 2.24) is 5.32 Å². The number of carboxylic acid groups (broad SMARTS) is 2. The zero-order valence-electron chi connectivity index (χ0n) is 17.6. The predicted molar refractivity (Wildman–Crippen MR) is 115 cm³/mol. The van der Waals surface area contributed by atoms with Crippen molar-refractivity contribution in [2.75, 3.05) is 0 Å². The van der Waals surface area contributed by atoms with Crippen LogP contribution in [0.5, 0.6) is 0 Å². The number of benzene rings is 2. The van der Waals surface area contributed by atoms with E-state index in [0.29, 0.717) is 6.42 Å². The lowest BCUT2D eigenvalue weighted by atomic mass is 9.88. The van der Waals surface area contributed by atoms with Gasteiger partial charge in [-0.1, -0.05) is 61.5 Å². The molecule has 0 aliphatic carbocycles. The number of hydrogen-bond acceptors (Lipinski definition) is 3. The van der Waals surface area contributed by atoms with Gasteiger partial charge in [0.25, 0.3) is 0 Å². The van der Waals surface area contributed by atoms with Gasteiger partial charge in [-0.25, -0.2) is 0 Å². The number of hydrogen-bond donors (Lipinski definition) is 3. The molecule has 0 bridgehead atoms. The molecule has 0 aromatic heterocycles. The van der Waals surface area contributed by atoms with Gasteiger partial charge in [-0.15, -0.1) is 0 Å². The Morgan fingerprint density at radius 3 is 2.03 bits per heavy atom. The Balaban J connectivity index is 2.11. The number of carbonyl (C=O) groups is 3. The third kappa shape index (κ3) is 6.72. The Morgan fingerprint density at radius 2 is 1.50 bits per heavy atom. The molecule has 0 aliphatic rings. The summed E-state index contributed by atoms with van der Waals surface area (Å²) < 4.78 is 0. The van der Waals surface area contributed by atoms with Crippen LogP contribution in [0.2, 0.25) is 0 Å². The standard InChI is InChI=1S/C24H29NO5/c1-16(22(27)28)13-20(25-21(26)15-24(2,3)23(29)30)14-17-9-11-19(12-10-17)18-7-5-4-6-8-18/h4-12,16,20H,13-15H2,1-3H3,(H,25,26)(H,27,28)(H,29,30)/t16-,20?/m1/s1. The first-order chi connectivity index (χ1) is 14.1. The molecule has 1 unspecified atom stereocenters. The molecule has 2 aromatic carbocycles. The van der Waals surface area contributed by atoms with E-state index in [1.165, 1.54) is 13.8 Å². The van der Waals surface area contributed by atoms with E-state index in [1.54, 1.807) is 6.92 Å².